The number of methoxy groups -OCH3 is 1. The predicted octanol–water partition coefficient (Wildman–Crippen LogP) is 2.77. The summed E-state index contributed by atoms with van der Waals surface area (Å²) >= 11 is 0. The molecule has 2 atom stereocenters. The lowest BCUT2D eigenvalue weighted by Crippen LogP contribution is -2.49. The maximum Gasteiger partial charge on any atom is 0.407 e. The number of rotatable bonds is 10. The summed E-state index contributed by atoms with van der Waals surface area (Å²) in [6, 6.07) is 14.6. The number of carbonyl (C=O) groups is 3. The first-order valence-corrected chi connectivity index (χ1v) is 10.5. The molecule has 0 saturated carbocycles. The Balaban J connectivity index is 1.62. The largest absolute Gasteiger partial charge is 0.481 e. The van der Waals surface area contributed by atoms with E-state index in [9.17, 15) is 14.4 Å². The van der Waals surface area contributed by atoms with E-state index in [0.717, 1.165) is 22.3 Å². The summed E-state index contributed by atoms with van der Waals surface area (Å²) in [7, 11) is 1.56. The van der Waals surface area contributed by atoms with Gasteiger partial charge in [-0.2, -0.15) is 0 Å². The molecule has 0 aliphatic heterocycles. The van der Waals surface area contributed by atoms with Crippen molar-refractivity contribution >= 4 is 18.0 Å². The molecule has 0 bridgehead atoms. The van der Waals surface area contributed by atoms with Crippen LogP contribution in [0.4, 0.5) is 4.79 Å². The summed E-state index contributed by atoms with van der Waals surface area (Å²) in [5, 5.41) is 14.2. The minimum absolute atomic E-state index is 0.0453. The zero-order valence-electron chi connectivity index (χ0n) is 18.2. The highest BCUT2D eigenvalue weighted by Gasteiger charge is 2.30. The standard InChI is InChI=1S/C24H28N2O6/c1-15(13-31-2)12-25-23(29)21(11-22(27)28)26-24(30)32-14-20-18-9-5-3-7-16(18)17-8-4-6-10-19(17)20/h3-10,15,20-21H,11-14H2,1-2H3,(H,25,29)(H,26,30)(H,27,28). The van der Waals surface area contributed by atoms with Crippen LogP contribution in [-0.4, -0.2) is 56.0 Å². The van der Waals surface area contributed by atoms with E-state index in [1.54, 1.807) is 7.11 Å². The van der Waals surface area contributed by atoms with Gasteiger partial charge in [0.2, 0.25) is 5.91 Å². The number of benzene rings is 2. The Bertz CT molecular complexity index is 931. The summed E-state index contributed by atoms with van der Waals surface area (Å²) in [6.07, 6.45) is -1.38. The molecule has 0 fully saturated rings. The van der Waals surface area contributed by atoms with Crippen molar-refractivity contribution in [3.05, 3.63) is 59.7 Å². The molecule has 0 aromatic heterocycles. The van der Waals surface area contributed by atoms with Crippen molar-refractivity contribution in [1.82, 2.24) is 10.6 Å². The maximum absolute atomic E-state index is 12.4. The summed E-state index contributed by atoms with van der Waals surface area (Å²) in [5.74, 6) is -1.86. The molecule has 32 heavy (non-hydrogen) atoms. The monoisotopic (exact) mass is 440 g/mol. The van der Waals surface area contributed by atoms with Crippen LogP contribution in [-0.2, 0) is 19.1 Å². The third-order valence-electron chi connectivity index (χ3n) is 5.41. The average Bonchev–Trinajstić information content (AvgIpc) is 3.09. The van der Waals surface area contributed by atoms with Gasteiger partial charge in [0.1, 0.15) is 12.6 Å². The van der Waals surface area contributed by atoms with Crippen molar-refractivity contribution in [2.45, 2.75) is 25.3 Å². The van der Waals surface area contributed by atoms with Crippen LogP contribution in [0, 0.1) is 5.92 Å². The van der Waals surface area contributed by atoms with Crippen molar-refractivity contribution in [3.8, 4) is 11.1 Å². The normalized spacial score (nSPS) is 14.1. The molecule has 0 radical (unpaired) electrons. The topological polar surface area (TPSA) is 114 Å². The van der Waals surface area contributed by atoms with Gasteiger partial charge in [-0.05, 0) is 28.2 Å². The fourth-order valence-corrected chi connectivity index (χ4v) is 3.91. The highest BCUT2D eigenvalue weighted by Crippen LogP contribution is 2.44. The lowest BCUT2D eigenvalue weighted by atomic mass is 9.98. The second kappa shape index (κ2) is 10.8. The van der Waals surface area contributed by atoms with Gasteiger partial charge in [0.05, 0.1) is 13.0 Å². The lowest BCUT2D eigenvalue weighted by molar-refractivity contribution is -0.139. The Morgan fingerprint density at radius 2 is 1.62 bits per heavy atom. The van der Waals surface area contributed by atoms with Crippen molar-refractivity contribution in [3.63, 3.8) is 0 Å². The van der Waals surface area contributed by atoms with Crippen LogP contribution in [0.15, 0.2) is 48.5 Å². The molecular weight excluding hydrogens is 412 g/mol. The third-order valence-corrected chi connectivity index (χ3v) is 5.41. The van der Waals surface area contributed by atoms with Gasteiger partial charge < -0.3 is 25.2 Å². The van der Waals surface area contributed by atoms with Gasteiger partial charge >= 0.3 is 12.1 Å². The molecule has 0 spiro atoms. The smallest absolute Gasteiger partial charge is 0.407 e. The van der Waals surface area contributed by atoms with Gasteiger partial charge in [0.15, 0.2) is 0 Å². The number of amides is 2. The van der Waals surface area contributed by atoms with Crippen LogP contribution in [0.2, 0.25) is 0 Å². The molecule has 170 valence electrons. The number of carboxylic acids is 1. The predicted molar refractivity (Wildman–Crippen MR) is 118 cm³/mol. The molecule has 0 heterocycles. The fraction of sp³-hybridized carbons (Fsp3) is 0.375. The number of nitrogens with one attached hydrogen (secondary N) is 2. The van der Waals surface area contributed by atoms with Crippen LogP contribution >= 0.6 is 0 Å². The number of alkyl carbamates (subject to hydrolysis) is 1. The van der Waals surface area contributed by atoms with Crippen LogP contribution < -0.4 is 10.6 Å². The second-order valence-corrected chi connectivity index (χ2v) is 7.93. The number of hydrogen-bond acceptors (Lipinski definition) is 5. The van der Waals surface area contributed by atoms with E-state index in [0.29, 0.717) is 13.2 Å². The Labute approximate surface area is 186 Å². The highest BCUT2D eigenvalue weighted by molar-refractivity contribution is 5.89. The SMILES string of the molecule is COCC(C)CNC(=O)C(CC(=O)O)NC(=O)OCC1c2ccccc2-c2ccccc21. The zero-order valence-corrected chi connectivity index (χ0v) is 18.2. The number of ether oxygens (including phenoxy) is 2. The number of hydrogen-bond donors (Lipinski definition) is 3. The molecule has 2 unspecified atom stereocenters. The minimum atomic E-state index is -1.24. The zero-order chi connectivity index (χ0) is 23.1. The van der Waals surface area contributed by atoms with Crippen molar-refractivity contribution in [2.24, 2.45) is 5.92 Å². The van der Waals surface area contributed by atoms with Gasteiger partial charge in [-0.15, -0.1) is 0 Å². The number of fused-ring (bicyclic) bond motifs is 3. The van der Waals surface area contributed by atoms with Gasteiger partial charge in [0, 0.05) is 19.6 Å². The van der Waals surface area contributed by atoms with Crippen LogP contribution in [0.25, 0.3) is 11.1 Å². The van der Waals surface area contributed by atoms with Crippen LogP contribution in [0.3, 0.4) is 0 Å². The number of carbonyl (C=O) groups excluding carboxylic acids is 2. The van der Waals surface area contributed by atoms with E-state index in [4.69, 9.17) is 14.6 Å². The van der Waals surface area contributed by atoms with Crippen LogP contribution in [0.5, 0.6) is 0 Å². The molecular formula is C24H28N2O6. The van der Waals surface area contributed by atoms with Crippen molar-refractivity contribution in [1.29, 1.82) is 0 Å². The summed E-state index contributed by atoms with van der Waals surface area (Å²) < 4.78 is 10.4. The molecule has 1 aliphatic carbocycles. The van der Waals surface area contributed by atoms with E-state index in [1.807, 2.05) is 55.5 Å². The summed E-state index contributed by atoms with van der Waals surface area (Å²) in [4.78, 5) is 36.0. The molecule has 3 rings (SSSR count). The molecule has 2 amide bonds. The Morgan fingerprint density at radius 3 is 2.19 bits per heavy atom. The fourth-order valence-electron chi connectivity index (χ4n) is 3.91. The summed E-state index contributed by atoms with van der Waals surface area (Å²) in [6.45, 7) is 2.71. The molecule has 8 heteroatoms. The molecule has 1 aliphatic rings. The quantitative estimate of drug-likeness (QED) is 0.524. The van der Waals surface area contributed by atoms with E-state index in [-0.39, 0.29) is 18.4 Å². The van der Waals surface area contributed by atoms with Gasteiger partial charge in [0.25, 0.3) is 0 Å². The van der Waals surface area contributed by atoms with E-state index >= 15 is 0 Å². The van der Waals surface area contributed by atoms with Crippen molar-refractivity contribution < 1.29 is 29.0 Å². The molecule has 2 aromatic carbocycles. The number of carboxylic acid groups (broad SMARTS) is 1. The molecule has 2 aromatic rings. The Hall–Kier alpha value is -3.39. The van der Waals surface area contributed by atoms with Crippen LogP contribution in [0.1, 0.15) is 30.4 Å². The molecule has 3 N–H and O–H groups in total. The maximum atomic E-state index is 12.4. The Morgan fingerprint density at radius 1 is 1.03 bits per heavy atom. The number of aliphatic carboxylic acids is 1. The minimum Gasteiger partial charge on any atom is -0.481 e. The van der Waals surface area contributed by atoms with E-state index < -0.39 is 30.4 Å². The third kappa shape index (κ3) is 5.64. The van der Waals surface area contributed by atoms with E-state index in [1.165, 1.54) is 0 Å². The first-order chi connectivity index (χ1) is 15.4. The second-order valence-electron chi connectivity index (χ2n) is 7.93. The Kier molecular flexibility index (Phi) is 7.83. The first-order valence-electron chi connectivity index (χ1n) is 10.5. The van der Waals surface area contributed by atoms with Crippen molar-refractivity contribution in [2.75, 3.05) is 26.9 Å². The van der Waals surface area contributed by atoms with Gasteiger partial charge in [-0.25, -0.2) is 4.79 Å². The molecule has 8 nitrogen and oxygen atoms in total. The summed E-state index contributed by atoms with van der Waals surface area (Å²) in [5.41, 5.74) is 4.33. The van der Waals surface area contributed by atoms with Gasteiger partial charge in [-0.1, -0.05) is 55.5 Å². The first kappa shape index (κ1) is 23.3. The van der Waals surface area contributed by atoms with Gasteiger partial charge in [-0.3, -0.25) is 9.59 Å². The highest BCUT2D eigenvalue weighted by atomic mass is 16.5. The lowest BCUT2D eigenvalue weighted by Gasteiger charge is -2.19. The molecule has 0 saturated heterocycles. The average molecular weight is 440 g/mol. The van der Waals surface area contributed by atoms with E-state index in [2.05, 4.69) is 10.6 Å².